The van der Waals surface area contributed by atoms with Gasteiger partial charge in [0, 0.05) is 49.1 Å². The molecule has 0 saturated carbocycles. The number of piperidine rings is 1. The Morgan fingerprint density at radius 3 is 2.52 bits per heavy atom. The number of aromatic nitrogens is 5. The van der Waals surface area contributed by atoms with Crippen LogP contribution in [0, 0.1) is 12.9 Å². The number of nitrogens with zero attached hydrogens (tertiary/aromatic N) is 6. The fraction of sp³-hybridized carbons (Fsp3) is 0.368. The molecule has 4 heterocycles. The monoisotopic (exact) mass is 367 g/mol. The third-order valence-corrected chi connectivity index (χ3v) is 5.15. The van der Waals surface area contributed by atoms with Crippen molar-refractivity contribution in [2.75, 3.05) is 23.7 Å². The number of hydrogen-bond donors (Lipinski definition) is 1. The van der Waals surface area contributed by atoms with Gasteiger partial charge in [-0.3, -0.25) is 0 Å². The van der Waals surface area contributed by atoms with E-state index in [-0.39, 0.29) is 0 Å². The van der Waals surface area contributed by atoms with Gasteiger partial charge >= 0.3 is 0 Å². The Kier molecular flexibility index (Phi) is 4.47. The Bertz CT molecular complexity index is 943. The molecule has 2 N–H and O–H groups in total. The first-order valence-electron chi connectivity index (χ1n) is 9.02. The Labute approximate surface area is 157 Å². The maximum atomic E-state index is 13.2. The molecule has 27 heavy (non-hydrogen) atoms. The smallest absolute Gasteiger partial charge is 0.221 e. The summed E-state index contributed by atoms with van der Waals surface area (Å²) >= 11 is 0. The highest BCUT2D eigenvalue weighted by Gasteiger charge is 2.26. The van der Waals surface area contributed by atoms with E-state index in [1.165, 1.54) is 6.07 Å². The second-order valence-electron chi connectivity index (χ2n) is 6.93. The summed E-state index contributed by atoms with van der Waals surface area (Å²) in [6.07, 6.45) is 3.45. The summed E-state index contributed by atoms with van der Waals surface area (Å²) in [6.45, 7) is 3.69. The van der Waals surface area contributed by atoms with Gasteiger partial charge in [-0.15, -0.1) is 10.2 Å². The molecule has 4 rings (SSSR count). The number of nitrogen functional groups attached to an aromatic ring is 1. The third kappa shape index (κ3) is 3.34. The minimum atomic E-state index is -0.482. The van der Waals surface area contributed by atoms with Crippen molar-refractivity contribution in [3.63, 3.8) is 0 Å². The molecule has 0 atom stereocenters. The van der Waals surface area contributed by atoms with E-state index in [2.05, 4.69) is 20.1 Å². The Balaban J connectivity index is 1.58. The molecule has 7 nitrogen and oxygen atoms in total. The second kappa shape index (κ2) is 6.94. The van der Waals surface area contributed by atoms with Crippen molar-refractivity contribution in [2.24, 2.45) is 7.05 Å². The first-order valence-corrected chi connectivity index (χ1v) is 9.02. The third-order valence-electron chi connectivity index (χ3n) is 5.15. The van der Waals surface area contributed by atoms with E-state index in [0.29, 0.717) is 11.9 Å². The van der Waals surface area contributed by atoms with Gasteiger partial charge in [-0.05, 0) is 44.0 Å². The van der Waals surface area contributed by atoms with Gasteiger partial charge in [0.2, 0.25) is 11.9 Å². The summed E-state index contributed by atoms with van der Waals surface area (Å²) in [4.78, 5) is 10.8. The summed E-state index contributed by atoms with van der Waals surface area (Å²) in [7, 11) is 1.90. The highest BCUT2D eigenvalue weighted by Crippen LogP contribution is 2.34. The molecule has 8 heteroatoms. The van der Waals surface area contributed by atoms with E-state index < -0.39 is 5.95 Å². The van der Waals surface area contributed by atoms with Gasteiger partial charge < -0.3 is 15.2 Å². The lowest BCUT2D eigenvalue weighted by Crippen LogP contribution is -2.34. The Hall–Kier alpha value is -3.03. The normalized spacial score (nSPS) is 15.3. The summed E-state index contributed by atoms with van der Waals surface area (Å²) in [5.41, 5.74) is 8.59. The van der Waals surface area contributed by atoms with Crippen LogP contribution in [0.15, 0.2) is 30.5 Å². The molecule has 0 bridgehead atoms. The largest absolute Gasteiger partial charge is 0.368 e. The molecule has 0 spiro atoms. The molecule has 3 aromatic heterocycles. The molecular formula is C19H22FN7. The summed E-state index contributed by atoms with van der Waals surface area (Å²) in [6, 6.07) is 7.12. The molecule has 0 radical (unpaired) electrons. The lowest BCUT2D eigenvalue weighted by atomic mass is 9.95. The molecule has 1 fully saturated rings. The zero-order valence-corrected chi connectivity index (χ0v) is 15.4. The van der Waals surface area contributed by atoms with E-state index in [4.69, 9.17) is 10.7 Å². The van der Waals surface area contributed by atoms with Crippen molar-refractivity contribution in [1.82, 2.24) is 24.7 Å². The van der Waals surface area contributed by atoms with Crippen LogP contribution in [0.25, 0.3) is 11.1 Å². The van der Waals surface area contributed by atoms with Crippen molar-refractivity contribution >= 4 is 11.8 Å². The molecule has 1 aliphatic heterocycles. The molecule has 0 aliphatic carbocycles. The second-order valence-corrected chi connectivity index (χ2v) is 6.93. The van der Waals surface area contributed by atoms with Gasteiger partial charge in [-0.2, -0.15) is 4.39 Å². The van der Waals surface area contributed by atoms with E-state index in [1.54, 1.807) is 12.3 Å². The highest BCUT2D eigenvalue weighted by molar-refractivity contribution is 5.75. The van der Waals surface area contributed by atoms with Gasteiger partial charge in [0.1, 0.15) is 11.6 Å². The molecule has 0 amide bonds. The molecule has 3 aromatic rings. The van der Waals surface area contributed by atoms with E-state index >= 15 is 0 Å². The van der Waals surface area contributed by atoms with Crippen molar-refractivity contribution in [1.29, 1.82) is 0 Å². The summed E-state index contributed by atoms with van der Waals surface area (Å²) < 4.78 is 15.1. The molecule has 1 aliphatic rings. The van der Waals surface area contributed by atoms with Crippen molar-refractivity contribution in [3.8, 4) is 11.1 Å². The van der Waals surface area contributed by atoms with Gasteiger partial charge in [-0.25, -0.2) is 9.97 Å². The first kappa shape index (κ1) is 17.4. The van der Waals surface area contributed by atoms with Crippen molar-refractivity contribution < 1.29 is 4.39 Å². The average Bonchev–Trinajstić information content (AvgIpc) is 3.01. The standard InChI is InChI=1S/C19H22FN7/c1-12-3-5-15(14-4-6-16(20)22-11-14)18(23-12)27-9-7-13(8-10-27)17-24-25-19(21)26(17)2/h3-6,11,13H,7-10H2,1-2H3,(H2,21,25). The number of aryl methyl sites for hydroxylation is 1. The fourth-order valence-electron chi connectivity index (χ4n) is 3.60. The number of halogens is 1. The number of hydrogen-bond acceptors (Lipinski definition) is 6. The van der Waals surface area contributed by atoms with Crippen LogP contribution in [-0.4, -0.2) is 37.8 Å². The Morgan fingerprint density at radius 2 is 1.89 bits per heavy atom. The van der Waals surface area contributed by atoms with E-state index in [9.17, 15) is 4.39 Å². The minimum Gasteiger partial charge on any atom is -0.368 e. The van der Waals surface area contributed by atoms with E-state index in [1.807, 2.05) is 30.7 Å². The summed E-state index contributed by atoms with van der Waals surface area (Å²) in [5, 5.41) is 8.20. The maximum absolute atomic E-state index is 13.2. The van der Waals surface area contributed by atoms with Crippen LogP contribution in [0.1, 0.15) is 30.3 Å². The number of nitrogens with two attached hydrogens (primary N) is 1. The highest BCUT2D eigenvalue weighted by atomic mass is 19.1. The maximum Gasteiger partial charge on any atom is 0.221 e. The minimum absolute atomic E-state index is 0.330. The van der Waals surface area contributed by atoms with Crippen molar-refractivity contribution in [3.05, 3.63) is 47.9 Å². The van der Waals surface area contributed by atoms with Crippen LogP contribution < -0.4 is 10.6 Å². The van der Waals surface area contributed by atoms with Gasteiger partial charge in [0.05, 0.1) is 0 Å². The lowest BCUT2D eigenvalue weighted by molar-refractivity contribution is 0.472. The lowest BCUT2D eigenvalue weighted by Gasteiger charge is -2.33. The zero-order valence-electron chi connectivity index (χ0n) is 15.4. The van der Waals surface area contributed by atoms with Crippen LogP contribution in [-0.2, 0) is 7.05 Å². The number of pyridine rings is 2. The van der Waals surface area contributed by atoms with Gasteiger partial charge in [0.25, 0.3) is 0 Å². The average molecular weight is 367 g/mol. The number of anilines is 2. The quantitative estimate of drug-likeness (QED) is 0.717. The zero-order chi connectivity index (χ0) is 19.0. The summed E-state index contributed by atoms with van der Waals surface area (Å²) in [5.74, 6) is 2.14. The molecule has 0 unspecified atom stereocenters. The van der Waals surface area contributed by atoms with Crippen LogP contribution in [0.5, 0.6) is 0 Å². The van der Waals surface area contributed by atoms with Crippen molar-refractivity contribution in [2.45, 2.75) is 25.7 Å². The van der Waals surface area contributed by atoms with Crippen LogP contribution in [0.2, 0.25) is 0 Å². The number of rotatable bonds is 3. The molecule has 140 valence electrons. The van der Waals surface area contributed by atoms with Crippen LogP contribution in [0.4, 0.5) is 16.2 Å². The van der Waals surface area contributed by atoms with Crippen LogP contribution in [0.3, 0.4) is 0 Å². The molecule has 1 saturated heterocycles. The van der Waals surface area contributed by atoms with E-state index in [0.717, 1.165) is 54.4 Å². The predicted octanol–water partition coefficient (Wildman–Crippen LogP) is 2.69. The van der Waals surface area contributed by atoms with Gasteiger partial charge in [-0.1, -0.05) is 0 Å². The fourth-order valence-corrected chi connectivity index (χ4v) is 3.60. The molecular weight excluding hydrogens is 345 g/mol. The molecule has 0 aromatic carbocycles. The van der Waals surface area contributed by atoms with Gasteiger partial charge in [0.15, 0.2) is 0 Å². The van der Waals surface area contributed by atoms with Crippen LogP contribution >= 0.6 is 0 Å². The SMILES string of the molecule is Cc1ccc(-c2ccc(F)nc2)c(N2CCC(c3nnc(N)n3C)CC2)n1. The predicted molar refractivity (Wildman–Crippen MR) is 102 cm³/mol. The topological polar surface area (TPSA) is 85.8 Å². The first-order chi connectivity index (χ1) is 13.0. The Morgan fingerprint density at radius 1 is 1.11 bits per heavy atom.